The van der Waals surface area contributed by atoms with Crippen molar-refractivity contribution < 1.29 is 9.47 Å². The van der Waals surface area contributed by atoms with Crippen molar-refractivity contribution in [3.63, 3.8) is 0 Å². The molecule has 1 aromatic heterocycles. The summed E-state index contributed by atoms with van der Waals surface area (Å²) in [5.74, 6) is 1.90. The molecule has 1 aromatic carbocycles. The Kier molecular flexibility index (Phi) is 8.26. The number of guanidine groups is 1. The zero-order chi connectivity index (χ0) is 16.8. The second-order valence-corrected chi connectivity index (χ2v) is 6.04. The molecule has 0 saturated heterocycles. The van der Waals surface area contributed by atoms with E-state index in [1.54, 1.807) is 25.6 Å². The molecule has 0 fully saturated rings. The minimum Gasteiger partial charge on any atom is -0.493 e. The summed E-state index contributed by atoms with van der Waals surface area (Å²) in [4.78, 5) is 8.85. The van der Waals surface area contributed by atoms with Gasteiger partial charge in [-0.05, 0) is 19.1 Å². The SMILES string of the molecule is COc1ccc(NC(N)=NCC(C)c2nc(C)cs2)cc1OC.I. The van der Waals surface area contributed by atoms with Gasteiger partial charge in [0.25, 0.3) is 0 Å². The van der Waals surface area contributed by atoms with Crippen LogP contribution in [0, 0.1) is 6.92 Å². The highest BCUT2D eigenvalue weighted by atomic mass is 127. The van der Waals surface area contributed by atoms with Crippen LogP contribution >= 0.6 is 35.3 Å². The Hall–Kier alpha value is -1.55. The molecule has 24 heavy (non-hydrogen) atoms. The quantitative estimate of drug-likeness (QED) is 0.390. The van der Waals surface area contributed by atoms with Crippen molar-refractivity contribution >= 4 is 47.0 Å². The zero-order valence-corrected chi connectivity index (χ0v) is 17.3. The Morgan fingerprint density at radius 1 is 1.33 bits per heavy atom. The van der Waals surface area contributed by atoms with Gasteiger partial charge in [0.1, 0.15) is 0 Å². The third-order valence-electron chi connectivity index (χ3n) is 3.25. The van der Waals surface area contributed by atoms with Gasteiger partial charge in [0.05, 0.1) is 25.8 Å². The molecular weight excluding hydrogens is 439 g/mol. The fourth-order valence-electron chi connectivity index (χ4n) is 2.01. The van der Waals surface area contributed by atoms with Gasteiger partial charge in [-0.15, -0.1) is 35.3 Å². The highest BCUT2D eigenvalue weighted by molar-refractivity contribution is 14.0. The van der Waals surface area contributed by atoms with Crippen LogP contribution in [-0.4, -0.2) is 31.7 Å². The van der Waals surface area contributed by atoms with Crippen LogP contribution in [0.4, 0.5) is 5.69 Å². The van der Waals surface area contributed by atoms with E-state index in [4.69, 9.17) is 15.2 Å². The maximum absolute atomic E-state index is 5.95. The Balaban J connectivity index is 0.00000288. The van der Waals surface area contributed by atoms with Crippen LogP contribution in [0.25, 0.3) is 0 Å². The Bertz CT molecular complexity index is 690. The molecule has 1 unspecified atom stereocenters. The number of aryl methyl sites for hydroxylation is 1. The molecule has 3 N–H and O–H groups in total. The summed E-state index contributed by atoms with van der Waals surface area (Å²) < 4.78 is 10.5. The average molecular weight is 462 g/mol. The molecule has 0 radical (unpaired) electrons. The lowest BCUT2D eigenvalue weighted by atomic mass is 10.2. The number of methoxy groups -OCH3 is 2. The lowest BCUT2D eigenvalue weighted by molar-refractivity contribution is 0.355. The lowest BCUT2D eigenvalue weighted by Crippen LogP contribution is -2.23. The Morgan fingerprint density at radius 3 is 2.62 bits per heavy atom. The van der Waals surface area contributed by atoms with Crippen molar-refractivity contribution in [1.29, 1.82) is 0 Å². The maximum Gasteiger partial charge on any atom is 0.193 e. The summed E-state index contributed by atoms with van der Waals surface area (Å²) in [5, 5.41) is 6.17. The van der Waals surface area contributed by atoms with Gasteiger partial charge in [0.2, 0.25) is 0 Å². The van der Waals surface area contributed by atoms with Gasteiger partial charge >= 0.3 is 0 Å². The first kappa shape index (κ1) is 20.5. The molecule has 0 aliphatic rings. The number of nitrogens with zero attached hydrogens (tertiary/aromatic N) is 2. The number of nitrogens with one attached hydrogen (secondary N) is 1. The van der Waals surface area contributed by atoms with Gasteiger partial charge in [-0.3, -0.25) is 4.99 Å². The Morgan fingerprint density at radius 2 is 2.04 bits per heavy atom. The number of thiazole rings is 1. The van der Waals surface area contributed by atoms with Gasteiger partial charge in [0, 0.05) is 28.7 Å². The van der Waals surface area contributed by atoms with E-state index >= 15 is 0 Å². The molecule has 2 rings (SSSR count). The summed E-state index contributed by atoms with van der Waals surface area (Å²) in [5.41, 5.74) is 7.78. The monoisotopic (exact) mass is 462 g/mol. The van der Waals surface area contributed by atoms with Crippen LogP contribution in [0.5, 0.6) is 11.5 Å². The normalized spacial score (nSPS) is 12.2. The molecule has 2 aromatic rings. The summed E-state index contributed by atoms with van der Waals surface area (Å²) in [6.07, 6.45) is 0. The predicted molar refractivity (Wildman–Crippen MR) is 110 cm³/mol. The van der Waals surface area contributed by atoms with Crippen LogP contribution in [0.15, 0.2) is 28.6 Å². The van der Waals surface area contributed by atoms with E-state index in [-0.39, 0.29) is 29.9 Å². The van der Waals surface area contributed by atoms with Gasteiger partial charge < -0.3 is 20.5 Å². The lowest BCUT2D eigenvalue weighted by Gasteiger charge is -2.11. The molecule has 1 heterocycles. The first-order chi connectivity index (χ1) is 11.0. The summed E-state index contributed by atoms with van der Waals surface area (Å²) in [6, 6.07) is 5.49. The van der Waals surface area contributed by atoms with Crippen LogP contribution in [-0.2, 0) is 0 Å². The van der Waals surface area contributed by atoms with Crippen LogP contribution in [0.2, 0.25) is 0 Å². The highest BCUT2D eigenvalue weighted by Gasteiger charge is 2.09. The molecular formula is C16H23IN4O2S. The zero-order valence-electron chi connectivity index (χ0n) is 14.2. The van der Waals surface area contributed by atoms with Crippen molar-refractivity contribution in [1.82, 2.24) is 4.98 Å². The van der Waals surface area contributed by atoms with E-state index in [1.807, 2.05) is 30.5 Å². The second-order valence-electron chi connectivity index (χ2n) is 5.15. The topological polar surface area (TPSA) is 81.8 Å². The first-order valence-corrected chi connectivity index (χ1v) is 8.12. The largest absolute Gasteiger partial charge is 0.493 e. The summed E-state index contributed by atoms with van der Waals surface area (Å²) in [6.45, 7) is 4.66. The number of aromatic nitrogens is 1. The van der Waals surface area contributed by atoms with E-state index in [2.05, 4.69) is 22.2 Å². The number of ether oxygens (including phenoxy) is 2. The minimum atomic E-state index is 0. The molecule has 8 heteroatoms. The molecule has 0 bridgehead atoms. The van der Waals surface area contributed by atoms with Crippen molar-refractivity contribution in [3.8, 4) is 11.5 Å². The van der Waals surface area contributed by atoms with Crippen LogP contribution in [0.1, 0.15) is 23.5 Å². The van der Waals surface area contributed by atoms with E-state index in [9.17, 15) is 0 Å². The molecule has 0 saturated carbocycles. The molecule has 0 aliphatic heterocycles. The number of hydrogen-bond acceptors (Lipinski definition) is 5. The second kappa shape index (κ2) is 9.67. The summed E-state index contributed by atoms with van der Waals surface area (Å²) >= 11 is 1.65. The van der Waals surface area contributed by atoms with E-state index in [1.165, 1.54) is 0 Å². The third kappa shape index (κ3) is 5.52. The van der Waals surface area contributed by atoms with Crippen LogP contribution < -0.4 is 20.5 Å². The number of halogens is 1. The van der Waals surface area contributed by atoms with E-state index in [0.29, 0.717) is 24.0 Å². The van der Waals surface area contributed by atoms with Crippen LogP contribution in [0.3, 0.4) is 0 Å². The Labute approximate surface area is 163 Å². The predicted octanol–water partition coefficient (Wildman–Crippen LogP) is 3.62. The number of nitrogens with two attached hydrogens (primary N) is 1. The third-order valence-corrected chi connectivity index (χ3v) is 4.44. The average Bonchev–Trinajstić information content (AvgIpc) is 2.99. The molecule has 0 amide bonds. The first-order valence-electron chi connectivity index (χ1n) is 7.24. The van der Waals surface area contributed by atoms with E-state index < -0.39 is 0 Å². The van der Waals surface area contributed by atoms with Gasteiger partial charge in [-0.25, -0.2) is 4.98 Å². The standard InChI is InChI=1S/C16H22N4O2S.HI/c1-10(15-19-11(2)9-23-15)8-18-16(17)20-12-5-6-13(21-3)14(7-12)22-4;/h5-7,9-10H,8H2,1-4H3,(H3,17,18,20);1H. The van der Waals surface area contributed by atoms with Gasteiger partial charge in [-0.2, -0.15) is 0 Å². The van der Waals surface area contributed by atoms with E-state index in [0.717, 1.165) is 16.4 Å². The molecule has 6 nitrogen and oxygen atoms in total. The van der Waals surface area contributed by atoms with Crippen molar-refractivity contribution in [2.45, 2.75) is 19.8 Å². The molecule has 1 atom stereocenters. The highest BCUT2D eigenvalue weighted by Crippen LogP contribution is 2.29. The molecule has 132 valence electrons. The fourth-order valence-corrected chi connectivity index (χ4v) is 2.86. The molecule has 0 spiro atoms. The van der Waals surface area contributed by atoms with Gasteiger partial charge in [-0.1, -0.05) is 6.92 Å². The number of benzene rings is 1. The van der Waals surface area contributed by atoms with Crippen molar-refractivity contribution in [3.05, 3.63) is 34.3 Å². The van der Waals surface area contributed by atoms with Gasteiger partial charge in [0.15, 0.2) is 17.5 Å². The summed E-state index contributed by atoms with van der Waals surface area (Å²) in [7, 11) is 3.19. The number of hydrogen-bond donors (Lipinski definition) is 2. The van der Waals surface area contributed by atoms with Crippen molar-refractivity contribution in [2.75, 3.05) is 26.1 Å². The minimum absolute atomic E-state index is 0. The fraction of sp³-hybridized carbons (Fsp3) is 0.375. The smallest absolute Gasteiger partial charge is 0.193 e. The number of rotatable bonds is 6. The number of aliphatic imine (C=N–C) groups is 1. The maximum atomic E-state index is 5.95. The number of anilines is 1. The molecule has 0 aliphatic carbocycles. The van der Waals surface area contributed by atoms with Crippen molar-refractivity contribution in [2.24, 2.45) is 10.7 Å².